The van der Waals surface area contributed by atoms with Gasteiger partial charge in [0.15, 0.2) is 0 Å². The molecule has 1 aliphatic heterocycles. The Hall–Kier alpha value is -2.11. The number of aromatic nitrogens is 3. The molecule has 24 heavy (non-hydrogen) atoms. The van der Waals surface area contributed by atoms with Crippen molar-refractivity contribution in [3.05, 3.63) is 18.5 Å². The number of likely N-dealkylation sites (N-methyl/N-ethyl adjacent to an activating group) is 1. The molecule has 3 heterocycles. The van der Waals surface area contributed by atoms with Gasteiger partial charge in [0.05, 0.1) is 6.04 Å². The molecule has 1 N–H and O–H groups in total. The summed E-state index contributed by atoms with van der Waals surface area (Å²) >= 11 is 0. The number of hydrogen-bond donors (Lipinski definition) is 1. The molecule has 0 bridgehead atoms. The smallest absolute Gasteiger partial charge is 0.227 e. The van der Waals surface area contributed by atoms with E-state index in [1.54, 1.807) is 0 Å². The van der Waals surface area contributed by atoms with E-state index < -0.39 is 0 Å². The second-order valence-corrected chi connectivity index (χ2v) is 7.38. The molecule has 2 aromatic rings. The zero-order valence-electron chi connectivity index (χ0n) is 14.4. The minimum atomic E-state index is 0.259. The molecule has 2 fully saturated rings. The number of amides is 1. The lowest BCUT2D eigenvalue weighted by Crippen LogP contribution is -2.53. The van der Waals surface area contributed by atoms with Crippen molar-refractivity contribution in [2.75, 3.05) is 25.0 Å². The molecule has 4 rings (SSSR count). The van der Waals surface area contributed by atoms with Crippen molar-refractivity contribution in [1.29, 1.82) is 0 Å². The third-order valence-electron chi connectivity index (χ3n) is 5.53. The van der Waals surface area contributed by atoms with Crippen LogP contribution in [0.2, 0.25) is 0 Å². The van der Waals surface area contributed by atoms with Gasteiger partial charge in [-0.05, 0) is 37.2 Å². The van der Waals surface area contributed by atoms with E-state index in [0.717, 1.165) is 42.9 Å². The number of rotatable bonds is 4. The van der Waals surface area contributed by atoms with Crippen molar-refractivity contribution >= 4 is 22.9 Å². The van der Waals surface area contributed by atoms with Gasteiger partial charge in [-0.3, -0.25) is 4.79 Å². The number of nitrogens with one attached hydrogen (secondary N) is 1. The predicted molar refractivity (Wildman–Crippen MR) is 93.8 cm³/mol. The van der Waals surface area contributed by atoms with Gasteiger partial charge in [-0.15, -0.1) is 0 Å². The fourth-order valence-corrected chi connectivity index (χ4v) is 3.63. The fourth-order valence-electron chi connectivity index (χ4n) is 3.63. The SMILES string of the molecule is CC1CCN(C(=O)CC2CC2)CC1N(C)c1ncc2cc[nH]c2n1. The molecule has 2 aromatic heterocycles. The van der Waals surface area contributed by atoms with E-state index in [1.165, 1.54) is 12.8 Å². The van der Waals surface area contributed by atoms with Crippen molar-refractivity contribution in [2.24, 2.45) is 11.8 Å². The van der Waals surface area contributed by atoms with Gasteiger partial charge in [0.1, 0.15) is 5.65 Å². The molecule has 1 aliphatic carbocycles. The largest absolute Gasteiger partial charge is 0.346 e. The van der Waals surface area contributed by atoms with Crippen LogP contribution in [-0.4, -0.2) is 51.9 Å². The van der Waals surface area contributed by atoms with E-state index in [4.69, 9.17) is 0 Å². The summed E-state index contributed by atoms with van der Waals surface area (Å²) in [6, 6.07) is 2.23. The van der Waals surface area contributed by atoms with E-state index >= 15 is 0 Å². The van der Waals surface area contributed by atoms with Crippen molar-refractivity contribution in [2.45, 2.75) is 38.6 Å². The molecule has 2 atom stereocenters. The summed E-state index contributed by atoms with van der Waals surface area (Å²) in [5.74, 6) is 2.20. The highest BCUT2D eigenvalue weighted by Crippen LogP contribution is 2.34. The van der Waals surface area contributed by atoms with E-state index in [1.807, 2.05) is 30.4 Å². The summed E-state index contributed by atoms with van der Waals surface area (Å²) in [7, 11) is 2.04. The Bertz CT molecular complexity index is 738. The highest BCUT2D eigenvalue weighted by Gasteiger charge is 2.34. The highest BCUT2D eigenvalue weighted by molar-refractivity contribution is 5.77. The third-order valence-corrected chi connectivity index (χ3v) is 5.53. The molecule has 6 heteroatoms. The van der Waals surface area contributed by atoms with Crippen molar-refractivity contribution in [3.63, 3.8) is 0 Å². The summed E-state index contributed by atoms with van der Waals surface area (Å²) in [6.45, 7) is 3.92. The van der Waals surface area contributed by atoms with Crippen molar-refractivity contribution in [3.8, 4) is 0 Å². The quantitative estimate of drug-likeness (QED) is 0.937. The first-order chi connectivity index (χ1) is 11.6. The van der Waals surface area contributed by atoms with Gasteiger partial charge in [0.25, 0.3) is 0 Å². The van der Waals surface area contributed by atoms with Crippen LogP contribution in [0.3, 0.4) is 0 Å². The Labute approximate surface area is 142 Å². The molecule has 1 saturated heterocycles. The Morgan fingerprint density at radius 2 is 2.25 bits per heavy atom. The maximum atomic E-state index is 12.5. The van der Waals surface area contributed by atoms with Crippen LogP contribution in [0.25, 0.3) is 11.0 Å². The summed E-state index contributed by atoms with van der Waals surface area (Å²) in [5.41, 5.74) is 0.858. The first-order valence-corrected chi connectivity index (χ1v) is 8.92. The van der Waals surface area contributed by atoms with Gasteiger partial charge in [-0.2, -0.15) is 4.98 Å². The second kappa shape index (κ2) is 6.07. The summed E-state index contributed by atoms with van der Waals surface area (Å²) in [4.78, 5) is 28.9. The average molecular weight is 327 g/mol. The standard InChI is InChI=1S/C18H25N5O/c1-12-6-8-23(16(24)9-13-3-4-13)11-15(12)22(2)18-20-10-14-5-7-19-17(14)21-18/h5,7,10,12-13,15H,3-4,6,8-9,11H2,1-2H3,(H,19,20,21). The molecule has 2 aliphatic rings. The number of anilines is 1. The number of nitrogens with zero attached hydrogens (tertiary/aromatic N) is 4. The molecule has 0 spiro atoms. The average Bonchev–Trinajstić information content (AvgIpc) is 3.27. The number of carbonyl (C=O) groups is 1. The van der Waals surface area contributed by atoms with Crippen molar-refractivity contribution < 1.29 is 4.79 Å². The molecule has 6 nitrogen and oxygen atoms in total. The van der Waals surface area contributed by atoms with Crippen LogP contribution in [0, 0.1) is 11.8 Å². The zero-order valence-corrected chi connectivity index (χ0v) is 14.4. The van der Waals surface area contributed by atoms with Gasteiger partial charge < -0.3 is 14.8 Å². The predicted octanol–water partition coefficient (Wildman–Crippen LogP) is 2.43. The molecular weight excluding hydrogens is 302 g/mol. The molecule has 2 unspecified atom stereocenters. The lowest BCUT2D eigenvalue weighted by atomic mass is 9.92. The Morgan fingerprint density at radius 1 is 1.42 bits per heavy atom. The highest BCUT2D eigenvalue weighted by atomic mass is 16.2. The normalized spacial score (nSPS) is 24.3. The van der Waals surface area contributed by atoms with E-state index in [9.17, 15) is 4.79 Å². The molecule has 0 aromatic carbocycles. The Kier molecular flexibility index (Phi) is 3.90. The number of likely N-dealkylation sites (tertiary alicyclic amines) is 1. The second-order valence-electron chi connectivity index (χ2n) is 7.38. The molecule has 0 radical (unpaired) electrons. The molecular formula is C18H25N5O. The Balaban J connectivity index is 1.50. The van der Waals surface area contributed by atoms with Gasteiger partial charge in [-0.25, -0.2) is 4.98 Å². The van der Waals surface area contributed by atoms with Crippen LogP contribution in [0.4, 0.5) is 5.95 Å². The van der Waals surface area contributed by atoms with Crippen LogP contribution >= 0.6 is 0 Å². The monoisotopic (exact) mass is 327 g/mol. The lowest BCUT2D eigenvalue weighted by molar-refractivity contribution is -0.133. The minimum Gasteiger partial charge on any atom is -0.346 e. The van der Waals surface area contributed by atoms with E-state index in [-0.39, 0.29) is 6.04 Å². The first-order valence-electron chi connectivity index (χ1n) is 8.92. The van der Waals surface area contributed by atoms with Gasteiger partial charge in [0.2, 0.25) is 11.9 Å². The van der Waals surface area contributed by atoms with Crippen LogP contribution in [-0.2, 0) is 4.79 Å². The van der Waals surface area contributed by atoms with Gasteiger partial charge >= 0.3 is 0 Å². The van der Waals surface area contributed by atoms with E-state index in [2.05, 4.69) is 26.8 Å². The maximum absolute atomic E-state index is 12.5. The summed E-state index contributed by atoms with van der Waals surface area (Å²) in [5, 5.41) is 1.02. The van der Waals surface area contributed by atoms with Crippen LogP contribution in [0.15, 0.2) is 18.5 Å². The number of hydrogen-bond acceptors (Lipinski definition) is 4. The van der Waals surface area contributed by atoms with Gasteiger partial charge in [0, 0.05) is 44.3 Å². The topological polar surface area (TPSA) is 65.1 Å². The number of carbonyl (C=O) groups excluding carboxylic acids is 1. The fraction of sp³-hybridized carbons (Fsp3) is 0.611. The van der Waals surface area contributed by atoms with Gasteiger partial charge in [-0.1, -0.05) is 6.92 Å². The van der Waals surface area contributed by atoms with Crippen LogP contribution in [0.1, 0.15) is 32.6 Å². The van der Waals surface area contributed by atoms with Crippen LogP contribution in [0.5, 0.6) is 0 Å². The van der Waals surface area contributed by atoms with Crippen molar-refractivity contribution in [1.82, 2.24) is 19.9 Å². The Morgan fingerprint density at radius 3 is 3.04 bits per heavy atom. The zero-order chi connectivity index (χ0) is 16.7. The summed E-state index contributed by atoms with van der Waals surface area (Å²) < 4.78 is 0. The summed E-state index contributed by atoms with van der Waals surface area (Å²) in [6.07, 6.45) is 7.96. The molecule has 128 valence electrons. The lowest BCUT2D eigenvalue weighted by Gasteiger charge is -2.41. The molecule has 1 amide bonds. The van der Waals surface area contributed by atoms with Crippen LogP contribution < -0.4 is 4.90 Å². The number of fused-ring (bicyclic) bond motifs is 1. The number of H-pyrrole nitrogens is 1. The number of piperidine rings is 1. The minimum absolute atomic E-state index is 0.259. The maximum Gasteiger partial charge on any atom is 0.227 e. The third kappa shape index (κ3) is 2.97. The first kappa shape index (κ1) is 15.4. The van der Waals surface area contributed by atoms with E-state index in [0.29, 0.717) is 17.7 Å². The molecule has 1 saturated carbocycles. The number of aromatic amines is 1.